The average molecular weight is 460 g/mol. The summed E-state index contributed by atoms with van der Waals surface area (Å²) in [5.74, 6) is 0.964. The molecule has 0 atom stereocenters. The summed E-state index contributed by atoms with van der Waals surface area (Å²) in [4.78, 5) is 27.8. The number of carbonyl (C=O) groups excluding carboxylic acids is 1. The number of hydrogen-bond acceptors (Lipinski definition) is 7. The highest BCUT2D eigenvalue weighted by molar-refractivity contribution is 5.85. The van der Waals surface area contributed by atoms with Crippen LogP contribution in [0.25, 0.3) is 11.5 Å². The predicted molar refractivity (Wildman–Crippen MR) is 114 cm³/mol. The lowest BCUT2D eigenvalue weighted by atomic mass is 10.1. The zero-order valence-electron chi connectivity index (χ0n) is 18.3. The van der Waals surface area contributed by atoms with Crippen molar-refractivity contribution in [3.05, 3.63) is 47.5 Å². The van der Waals surface area contributed by atoms with Crippen molar-refractivity contribution >= 4 is 11.6 Å². The van der Waals surface area contributed by atoms with E-state index in [0.717, 1.165) is 36.1 Å². The molecular formula is C22H23F3N6O2. The molecule has 0 unspecified atom stereocenters. The summed E-state index contributed by atoms with van der Waals surface area (Å²) in [5, 5.41) is 4.08. The Bertz CT molecular complexity index is 1160. The van der Waals surface area contributed by atoms with E-state index >= 15 is 0 Å². The van der Waals surface area contributed by atoms with Crippen LogP contribution in [0.3, 0.4) is 0 Å². The van der Waals surface area contributed by atoms with E-state index in [2.05, 4.69) is 20.1 Å². The summed E-state index contributed by atoms with van der Waals surface area (Å²) in [6.07, 6.45) is 3.13. The number of ether oxygens (including phenoxy) is 1. The average Bonchev–Trinajstić information content (AvgIpc) is 3.39. The standard InChI is InChI=1S/C22H23F3N6O2/c1-30(12-15(32)8-14-10-27-31(2)11-14)21-17-4-3-5-18(17)28-20(29-21)19-9-16(6-7-26-19)33-13-22(23,24)25/h6-7,9-11H,3-5,8,12-13H2,1-2H3. The van der Waals surface area contributed by atoms with Crippen LogP contribution < -0.4 is 9.64 Å². The molecule has 0 saturated heterocycles. The molecule has 3 heterocycles. The molecule has 1 aliphatic rings. The Hall–Kier alpha value is -3.50. The topological polar surface area (TPSA) is 86.0 Å². The highest BCUT2D eigenvalue weighted by atomic mass is 19.4. The quantitative estimate of drug-likeness (QED) is 0.511. The molecule has 174 valence electrons. The molecule has 1 aliphatic carbocycles. The summed E-state index contributed by atoms with van der Waals surface area (Å²) in [7, 11) is 3.59. The minimum atomic E-state index is -4.44. The van der Waals surface area contributed by atoms with Crippen molar-refractivity contribution < 1.29 is 22.7 Å². The lowest BCUT2D eigenvalue weighted by Gasteiger charge is -2.21. The van der Waals surface area contributed by atoms with Gasteiger partial charge in [0.15, 0.2) is 18.2 Å². The Kier molecular flexibility index (Phi) is 6.30. The van der Waals surface area contributed by atoms with Crippen molar-refractivity contribution in [2.24, 2.45) is 7.05 Å². The van der Waals surface area contributed by atoms with E-state index in [1.54, 1.807) is 36.1 Å². The second kappa shape index (κ2) is 9.16. The van der Waals surface area contributed by atoms with Gasteiger partial charge in [-0.2, -0.15) is 18.3 Å². The number of aryl methyl sites for hydroxylation is 2. The van der Waals surface area contributed by atoms with Gasteiger partial charge in [0.1, 0.15) is 17.3 Å². The van der Waals surface area contributed by atoms with E-state index in [1.807, 2.05) is 0 Å². The fraction of sp³-hybridized carbons (Fsp3) is 0.409. The highest BCUT2D eigenvalue weighted by Crippen LogP contribution is 2.31. The fourth-order valence-corrected chi connectivity index (χ4v) is 3.82. The van der Waals surface area contributed by atoms with Crippen LogP contribution in [0.15, 0.2) is 30.7 Å². The molecule has 0 aliphatic heterocycles. The minimum absolute atomic E-state index is 0.0121. The number of fused-ring (bicyclic) bond motifs is 1. The number of likely N-dealkylation sites (N-methyl/N-ethyl adjacent to an activating group) is 1. The lowest BCUT2D eigenvalue weighted by molar-refractivity contribution is -0.153. The first-order chi connectivity index (χ1) is 15.7. The Balaban J connectivity index is 1.56. The van der Waals surface area contributed by atoms with Crippen molar-refractivity contribution in [1.82, 2.24) is 24.7 Å². The van der Waals surface area contributed by atoms with Crippen LogP contribution in [-0.2, 0) is 31.1 Å². The van der Waals surface area contributed by atoms with E-state index in [-0.39, 0.29) is 30.3 Å². The van der Waals surface area contributed by atoms with E-state index in [4.69, 9.17) is 4.74 Å². The van der Waals surface area contributed by atoms with Crippen molar-refractivity contribution in [3.63, 3.8) is 0 Å². The monoisotopic (exact) mass is 460 g/mol. The van der Waals surface area contributed by atoms with Crippen LogP contribution >= 0.6 is 0 Å². The first-order valence-electron chi connectivity index (χ1n) is 10.4. The van der Waals surface area contributed by atoms with Crippen molar-refractivity contribution in [2.75, 3.05) is 25.1 Å². The molecule has 0 amide bonds. The van der Waals surface area contributed by atoms with Gasteiger partial charge in [-0.25, -0.2) is 9.97 Å². The second-order valence-corrected chi connectivity index (χ2v) is 8.02. The summed E-state index contributed by atoms with van der Waals surface area (Å²) in [5.41, 5.74) is 3.00. The summed E-state index contributed by atoms with van der Waals surface area (Å²) < 4.78 is 44.0. The third-order valence-electron chi connectivity index (χ3n) is 5.21. The molecule has 4 rings (SSSR count). The zero-order valence-corrected chi connectivity index (χ0v) is 18.3. The summed E-state index contributed by atoms with van der Waals surface area (Å²) in [6, 6.07) is 2.74. The van der Waals surface area contributed by atoms with Gasteiger partial charge in [0.25, 0.3) is 0 Å². The molecular weight excluding hydrogens is 437 g/mol. The Morgan fingerprint density at radius 1 is 1.27 bits per heavy atom. The maximum Gasteiger partial charge on any atom is 0.422 e. The van der Waals surface area contributed by atoms with Gasteiger partial charge in [-0.1, -0.05) is 0 Å². The van der Waals surface area contributed by atoms with Crippen molar-refractivity contribution in [1.29, 1.82) is 0 Å². The maximum absolute atomic E-state index is 12.6. The number of alkyl halides is 3. The van der Waals surface area contributed by atoms with E-state index in [1.165, 1.54) is 18.3 Å². The van der Waals surface area contributed by atoms with Gasteiger partial charge in [-0.15, -0.1) is 0 Å². The number of ketones is 1. The number of anilines is 1. The number of carbonyl (C=O) groups is 1. The third kappa shape index (κ3) is 5.65. The third-order valence-corrected chi connectivity index (χ3v) is 5.21. The van der Waals surface area contributed by atoms with Crippen LogP contribution in [0.2, 0.25) is 0 Å². The molecule has 0 radical (unpaired) electrons. The number of pyridine rings is 1. The maximum atomic E-state index is 12.6. The van der Waals surface area contributed by atoms with E-state index in [0.29, 0.717) is 11.5 Å². The van der Waals surface area contributed by atoms with Crippen LogP contribution in [-0.4, -0.2) is 56.9 Å². The van der Waals surface area contributed by atoms with Gasteiger partial charge in [0.05, 0.1) is 12.7 Å². The number of hydrogen-bond donors (Lipinski definition) is 0. The first kappa shape index (κ1) is 22.7. The molecule has 0 spiro atoms. The first-order valence-corrected chi connectivity index (χ1v) is 10.4. The van der Waals surface area contributed by atoms with Crippen LogP contribution in [0.4, 0.5) is 19.0 Å². The van der Waals surface area contributed by atoms with Crippen molar-refractivity contribution in [3.8, 4) is 17.3 Å². The molecule has 0 saturated carbocycles. The van der Waals surface area contributed by atoms with Crippen LogP contribution in [0.1, 0.15) is 23.2 Å². The number of halogens is 3. The van der Waals surface area contributed by atoms with Gasteiger partial charge in [0.2, 0.25) is 0 Å². The van der Waals surface area contributed by atoms with E-state index < -0.39 is 12.8 Å². The smallest absolute Gasteiger partial charge is 0.422 e. The largest absolute Gasteiger partial charge is 0.484 e. The Morgan fingerprint density at radius 2 is 2.09 bits per heavy atom. The summed E-state index contributed by atoms with van der Waals surface area (Å²) in [6.45, 7) is -1.24. The molecule has 3 aromatic heterocycles. The van der Waals surface area contributed by atoms with Gasteiger partial charge < -0.3 is 9.64 Å². The van der Waals surface area contributed by atoms with Gasteiger partial charge in [0, 0.05) is 50.2 Å². The van der Waals surface area contributed by atoms with Crippen LogP contribution in [0, 0.1) is 0 Å². The second-order valence-electron chi connectivity index (χ2n) is 8.02. The molecule has 11 heteroatoms. The molecule has 0 N–H and O–H groups in total. The number of aromatic nitrogens is 5. The fourth-order valence-electron chi connectivity index (χ4n) is 3.82. The normalized spacial score (nSPS) is 13.1. The zero-order chi connectivity index (χ0) is 23.6. The van der Waals surface area contributed by atoms with Gasteiger partial charge in [-0.3, -0.25) is 14.5 Å². The number of Topliss-reactive ketones (excluding diaryl/α,β-unsaturated/α-hetero) is 1. The predicted octanol–water partition coefficient (Wildman–Crippen LogP) is 2.95. The lowest BCUT2D eigenvalue weighted by Crippen LogP contribution is -2.28. The van der Waals surface area contributed by atoms with Gasteiger partial charge in [-0.05, 0) is 30.9 Å². The van der Waals surface area contributed by atoms with E-state index in [9.17, 15) is 18.0 Å². The van der Waals surface area contributed by atoms with Crippen LogP contribution in [0.5, 0.6) is 5.75 Å². The van der Waals surface area contributed by atoms with Crippen molar-refractivity contribution in [2.45, 2.75) is 31.9 Å². The highest BCUT2D eigenvalue weighted by Gasteiger charge is 2.29. The molecule has 0 aromatic carbocycles. The number of nitrogens with zero attached hydrogens (tertiary/aromatic N) is 6. The SMILES string of the molecule is CN(CC(=O)Cc1cnn(C)c1)c1nc(-c2cc(OCC(F)(F)F)ccn2)nc2c1CCC2. The Morgan fingerprint density at radius 3 is 2.82 bits per heavy atom. The minimum Gasteiger partial charge on any atom is -0.484 e. The molecule has 3 aromatic rings. The number of rotatable bonds is 8. The Labute approximate surface area is 188 Å². The molecule has 0 bridgehead atoms. The molecule has 0 fully saturated rings. The summed E-state index contributed by atoms with van der Waals surface area (Å²) >= 11 is 0. The molecule has 33 heavy (non-hydrogen) atoms. The van der Waals surface area contributed by atoms with Gasteiger partial charge >= 0.3 is 6.18 Å². The molecule has 8 nitrogen and oxygen atoms in total.